The SMILES string of the molecule is CN[C@@H](C)C(=O)N[C@H](C(=O)N1CCC2[C@H]1[C@@H](c1c[nH]c3cc(F)ccc13)CN2C1CCCC1)C(C)C. The number of nitrogens with zero attached hydrogens (tertiary/aromatic N) is 2. The lowest BCUT2D eigenvalue weighted by Gasteiger charge is -2.34. The lowest BCUT2D eigenvalue weighted by Crippen LogP contribution is -2.56. The first-order valence-corrected chi connectivity index (χ1v) is 13.6. The van der Waals surface area contributed by atoms with E-state index < -0.39 is 6.04 Å². The van der Waals surface area contributed by atoms with Gasteiger partial charge in [0, 0.05) is 48.2 Å². The zero-order valence-electron chi connectivity index (χ0n) is 21.9. The third-order valence-electron chi connectivity index (χ3n) is 8.87. The van der Waals surface area contributed by atoms with Crippen LogP contribution in [0.4, 0.5) is 4.39 Å². The number of fused-ring (bicyclic) bond motifs is 2. The zero-order chi connectivity index (χ0) is 25.6. The predicted molar refractivity (Wildman–Crippen MR) is 139 cm³/mol. The molecule has 1 aromatic heterocycles. The molecule has 0 radical (unpaired) electrons. The van der Waals surface area contributed by atoms with E-state index in [2.05, 4.69) is 25.4 Å². The minimum absolute atomic E-state index is 0.0123. The number of aromatic amines is 1. The van der Waals surface area contributed by atoms with Gasteiger partial charge in [0.25, 0.3) is 0 Å². The first kappa shape index (κ1) is 25.2. The van der Waals surface area contributed by atoms with Gasteiger partial charge < -0.3 is 20.5 Å². The molecule has 2 amide bonds. The van der Waals surface area contributed by atoms with E-state index in [1.807, 2.05) is 26.1 Å². The zero-order valence-corrected chi connectivity index (χ0v) is 21.9. The van der Waals surface area contributed by atoms with E-state index in [0.29, 0.717) is 18.6 Å². The summed E-state index contributed by atoms with van der Waals surface area (Å²) < 4.78 is 13.9. The number of hydrogen-bond acceptors (Lipinski definition) is 4. The number of hydrogen-bond donors (Lipinski definition) is 3. The summed E-state index contributed by atoms with van der Waals surface area (Å²) in [4.78, 5) is 34.7. The first-order chi connectivity index (χ1) is 17.3. The second kappa shape index (κ2) is 10.1. The lowest BCUT2D eigenvalue weighted by molar-refractivity contribution is -0.139. The average molecular weight is 498 g/mol. The van der Waals surface area contributed by atoms with E-state index in [1.54, 1.807) is 20.0 Å². The molecule has 0 spiro atoms. The summed E-state index contributed by atoms with van der Waals surface area (Å²) in [5, 5.41) is 7.02. The van der Waals surface area contributed by atoms with Crippen molar-refractivity contribution < 1.29 is 14.0 Å². The van der Waals surface area contributed by atoms with Crippen LogP contribution in [0.15, 0.2) is 24.4 Å². The van der Waals surface area contributed by atoms with Gasteiger partial charge in [0.2, 0.25) is 11.8 Å². The topological polar surface area (TPSA) is 80.5 Å². The Hall–Kier alpha value is -2.45. The van der Waals surface area contributed by atoms with Gasteiger partial charge in [0.1, 0.15) is 11.9 Å². The van der Waals surface area contributed by atoms with Gasteiger partial charge in [-0.2, -0.15) is 0 Å². The second-order valence-electron chi connectivity index (χ2n) is 11.3. The Morgan fingerprint density at radius 3 is 2.58 bits per heavy atom. The number of carbonyl (C=O) groups is 2. The summed E-state index contributed by atoms with van der Waals surface area (Å²) in [5.41, 5.74) is 1.96. The Balaban J connectivity index is 1.48. The maximum absolute atomic E-state index is 14.0. The van der Waals surface area contributed by atoms with Crippen LogP contribution in [-0.2, 0) is 9.59 Å². The molecule has 5 rings (SSSR count). The van der Waals surface area contributed by atoms with Crippen molar-refractivity contribution >= 4 is 22.7 Å². The number of benzene rings is 1. The molecule has 7 nitrogen and oxygen atoms in total. The Morgan fingerprint density at radius 2 is 1.89 bits per heavy atom. The van der Waals surface area contributed by atoms with Crippen LogP contribution in [0.2, 0.25) is 0 Å². The van der Waals surface area contributed by atoms with Crippen molar-refractivity contribution in [2.24, 2.45) is 5.92 Å². The quantitative estimate of drug-likeness (QED) is 0.548. The number of nitrogens with one attached hydrogen (secondary N) is 3. The molecule has 2 saturated heterocycles. The highest BCUT2D eigenvalue weighted by Crippen LogP contribution is 2.46. The van der Waals surface area contributed by atoms with E-state index in [0.717, 1.165) is 29.4 Å². The molecular formula is C28H40FN5O2. The van der Waals surface area contributed by atoms with Crippen LogP contribution in [0.1, 0.15) is 64.4 Å². The van der Waals surface area contributed by atoms with E-state index in [-0.39, 0.29) is 41.6 Å². The third kappa shape index (κ3) is 4.43. The Morgan fingerprint density at radius 1 is 1.14 bits per heavy atom. The molecule has 3 N–H and O–H groups in total. The fraction of sp³-hybridized carbons (Fsp3) is 0.643. The van der Waals surface area contributed by atoms with Gasteiger partial charge in [-0.25, -0.2) is 4.39 Å². The Bertz CT molecular complexity index is 1110. The maximum Gasteiger partial charge on any atom is 0.245 e. The van der Waals surface area contributed by atoms with Crippen LogP contribution in [0, 0.1) is 11.7 Å². The molecule has 2 aromatic rings. The number of likely N-dealkylation sites (tertiary alicyclic amines) is 2. The summed E-state index contributed by atoms with van der Waals surface area (Å²) >= 11 is 0. The highest BCUT2D eigenvalue weighted by Gasteiger charge is 2.53. The fourth-order valence-corrected chi connectivity index (χ4v) is 6.84. The summed E-state index contributed by atoms with van der Waals surface area (Å²) in [5.74, 6) is -0.281. The smallest absolute Gasteiger partial charge is 0.245 e. The molecule has 3 aliphatic rings. The minimum atomic E-state index is -0.565. The van der Waals surface area contributed by atoms with Crippen LogP contribution in [0.5, 0.6) is 0 Å². The highest BCUT2D eigenvalue weighted by molar-refractivity contribution is 5.90. The van der Waals surface area contributed by atoms with Gasteiger partial charge in [-0.1, -0.05) is 26.7 Å². The van der Waals surface area contributed by atoms with E-state index in [4.69, 9.17) is 0 Å². The molecule has 1 unspecified atom stereocenters. The number of H-pyrrole nitrogens is 1. The lowest BCUT2D eigenvalue weighted by atomic mass is 9.90. The molecule has 196 valence electrons. The van der Waals surface area contributed by atoms with Crippen molar-refractivity contribution in [3.05, 3.63) is 35.8 Å². The van der Waals surface area contributed by atoms with E-state index in [9.17, 15) is 14.0 Å². The standard InChI is InChI=1S/C28H40FN5O2/c1-16(2)25(32-27(35)17(3)30-4)28(36)33-12-11-24-26(33)22(15-34(24)19-7-5-6-8-19)21-14-31-23-13-18(29)9-10-20(21)23/h9-10,13-14,16-17,19,22,24-26,30-31H,5-8,11-12,15H2,1-4H3,(H,32,35)/t17-,22+,24?,25-,26+/m0/s1. The van der Waals surface area contributed by atoms with E-state index >= 15 is 0 Å². The maximum atomic E-state index is 14.0. The minimum Gasteiger partial charge on any atom is -0.361 e. The van der Waals surface area contributed by atoms with Gasteiger partial charge in [-0.15, -0.1) is 0 Å². The molecule has 2 aliphatic heterocycles. The first-order valence-electron chi connectivity index (χ1n) is 13.6. The monoisotopic (exact) mass is 497 g/mol. The van der Waals surface area contributed by atoms with Crippen LogP contribution in [0.3, 0.4) is 0 Å². The number of likely N-dealkylation sites (N-methyl/N-ethyl adjacent to an activating group) is 1. The van der Waals surface area contributed by atoms with Crippen molar-refractivity contribution in [1.82, 2.24) is 25.4 Å². The molecule has 1 aromatic carbocycles. The van der Waals surface area contributed by atoms with Crippen molar-refractivity contribution in [3.63, 3.8) is 0 Å². The van der Waals surface area contributed by atoms with Crippen molar-refractivity contribution in [3.8, 4) is 0 Å². The molecule has 1 saturated carbocycles. The average Bonchev–Trinajstić information content (AvgIpc) is 3.64. The molecule has 8 heteroatoms. The predicted octanol–water partition coefficient (Wildman–Crippen LogP) is 3.37. The fourth-order valence-electron chi connectivity index (χ4n) is 6.84. The number of halogens is 1. The van der Waals surface area contributed by atoms with Gasteiger partial charge in [-0.3, -0.25) is 14.5 Å². The van der Waals surface area contributed by atoms with E-state index in [1.165, 1.54) is 31.7 Å². The van der Waals surface area contributed by atoms with Gasteiger partial charge in [0.15, 0.2) is 0 Å². The summed E-state index contributed by atoms with van der Waals surface area (Å²) in [6.07, 6.45) is 7.94. The summed E-state index contributed by atoms with van der Waals surface area (Å²) in [7, 11) is 1.75. The summed E-state index contributed by atoms with van der Waals surface area (Å²) in [6.45, 7) is 7.39. The molecular weight excluding hydrogens is 457 g/mol. The number of amides is 2. The number of aromatic nitrogens is 1. The molecule has 36 heavy (non-hydrogen) atoms. The third-order valence-corrected chi connectivity index (χ3v) is 8.87. The summed E-state index contributed by atoms with van der Waals surface area (Å²) in [6, 6.07) is 4.92. The van der Waals surface area contributed by atoms with Crippen LogP contribution >= 0.6 is 0 Å². The van der Waals surface area contributed by atoms with Crippen LogP contribution < -0.4 is 10.6 Å². The van der Waals surface area contributed by atoms with Crippen LogP contribution in [0.25, 0.3) is 10.9 Å². The molecule has 0 bridgehead atoms. The molecule has 3 fully saturated rings. The Kier molecular flexibility index (Phi) is 7.10. The van der Waals surface area contributed by atoms with Crippen molar-refractivity contribution in [2.75, 3.05) is 20.1 Å². The molecule has 5 atom stereocenters. The van der Waals surface area contributed by atoms with Crippen LogP contribution in [-0.4, -0.2) is 76.9 Å². The number of carbonyl (C=O) groups excluding carboxylic acids is 2. The second-order valence-corrected chi connectivity index (χ2v) is 11.3. The van der Waals surface area contributed by atoms with Gasteiger partial charge in [0.05, 0.1) is 12.1 Å². The molecule has 3 heterocycles. The van der Waals surface area contributed by atoms with Gasteiger partial charge in [-0.05, 0) is 62.9 Å². The number of rotatable bonds is 7. The normalized spacial score (nSPS) is 26.6. The Labute approximate surface area is 213 Å². The highest BCUT2D eigenvalue weighted by atomic mass is 19.1. The van der Waals surface area contributed by atoms with Crippen molar-refractivity contribution in [2.45, 2.75) is 89.0 Å². The largest absolute Gasteiger partial charge is 0.361 e. The molecule has 1 aliphatic carbocycles. The van der Waals surface area contributed by atoms with Crippen molar-refractivity contribution in [1.29, 1.82) is 0 Å². The van der Waals surface area contributed by atoms with Gasteiger partial charge >= 0.3 is 0 Å².